The predicted octanol–water partition coefficient (Wildman–Crippen LogP) is 4.07. The van der Waals surface area contributed by atoms with Gasteiger partial charge >= 0.3 is 0 Å². The highest BCUT2D eigenvalue weighted by Gasteiger charge is 2.17. The summed E-state index contributed by atoms with van der Waals surface area (Å²) in [6.07, 6.45) is 1.66. The molecule has 150 valence electrons. The molecule has 0 fully saturated rings. The third-order valence-corrected chi connectivity index (χ3v) is 4.37. The number of hydrogen-bond acceptors (Lipinski definition) is 7. The topological polar surface area (TPSA) is 99.4 Å². The highest BCUT2D eigenvalue weighted by atomic mass is 16.5. The number of carbonyl (C=O) groups excluding carboxylic acids is 1. The van der Waals surface area contributed by atoms with Crippen molar-refractivity contribution in [2.45, 2.75) is 0 Å². The van der Waals surface area contributed by atoms with Gasteiger partial charge in [0.05, 0.1) is 25.5 Å². The quantitative estimate of drug-likeness (QED) is 0.519. The highest BCUT2D eigenvalue weighted by Crippen LogP contribution is 2.30. The third kappa shape index (κ3) is 3.83. The Balaban J connectivity index is 1.62. The van der Waals surface area contributed by atoms with Crippen LogP contribution in [0.3, 0.4) is 0 Å². The summed E-state index contributed by atoms with van der Waals surface area (Å²) in [5, 5.41) is 6.88. The molecular weight excluding hydrogens is 384 g/mol. The van der Waals surface area contributed by atoms with Gasteiger partial charge in [-0.2, -0.15) is 4.98 Å². The molecule has 0 aliphatic rings. The van der Waals surface area contributed by atoms with E-state index in [-0.39, 0.29) is 11.8 Å². The number of hydrogen-bond donors (Lipinski definition) is 1. The van der Waals surface area contributed by atoms with E-state index in [0.29, 0.717) is 39.8 Å². The van der Waals surface area contributed by atoms with Gasteiger partial charge in [0.25, 0.3) is 11.8 Å². The van der Waals surface area contributed by atoms with Crippen LogP contribution >= 0.6 is 0 Å². The Morgan fingerprint density at radius 1 is 0.967 bits per heavy atom. The van der Waals surface area contributed by atoms with E-state index in [9.17, 15) is 4.79 Å². The number of methoxy groups -OCH3 is 2. The molecule has 0 bridgehead atoms. The molecule has 0 atom stereocenters. The standard InChI is InChI=1S/C22H18N4O4/c1-28-18-11-10-14(13-19(18)29-2)21(27)24-16-8-4-3-7-15(16)22-25-20(26-30-22)17-9-5-6-12-23-17/h3-13H,1-2H3,(H,24,27). The molecule has 2 aromatic carbocycles. The number of benzene rings is 2. The predicted molar refractivity (Wildman–Crippen MR) is 110 cm³/mol. The first-order valence-electron chi connectivity index (χ1n) is 9.07. The summed E-state index contributed by atoms with van der Waals surface area (Å²) in [6, 6.07) is 17.6. The maximum atomic E-state index is 12.8. The summed E-state index contributed by atoms with van der Waals surface area (Å²) in [4.78, 5) is 21.4. The number of para-hydroxylation sites is 1. The van der Waals surface area contributed by atoms with Crippen LogP contribution in [0.2, 0.25) is 0 Å². The third-order valence-electron chi connectivity index (χ3n) is 4.37. The molecule has 1 N–H and O–H groups in total. The Labute approximate surface area is 172 Å². The second-order valence-electron chi connectivity index (χ2n) is 6.21. The molecule has 2 heterocycles. The maximum absolute atomic E-state index is 12.8. The average Bonchev–Trinajstić information content (AvgIpc) is 3.29. The molecule has 0 aliphatic carbocycles. The fourth-order valence-electron chi connectivity index (χ4n) is 2.88. The molecule has 0 radical (unpaired) electrons. The van der Waals surface area contributed by atoms with Gasteiger partial charge in [-0.3, -0.25) is 9.78 Å². The van der Waals surface area contributed by atoms with Crippen LogP contribution in [0.4, 0.5) is 5.69 Å². The monoisotopic (exact) mass is 402 g/mol. The van der Waals surface area contributed by atoms with E-state index in [1.54, 1.807) is 42.6 Å². The van der Waals surface area contributed by atoms with E-state index in [4.69, 9.17) is 14.0 Å². The van der Waals surface area contributed by atoms with E-state index in [0.717, 1.165) is 0 Å². The van der Waals surface area contributed by atoms with Crippen LogP contribution in [0.1, 0.15) is 10.4 Å². The summed E-state index contributed by atoms with van der Waals surface area (Å²) in [6.45, 7) is 0. The number of nitrogens with zero attached hydrogens (tertiary/aromatic N) is 3. The lowest BCUT2D eigenvalue weighted by Gasteiger charge is -2.11. The van der Waals surface area contributed by atoms with E-state index in [1.165, 1.54) is 14.2 Å². The zero-order valence-corrected chi connectivity index (χ0v) is 16.3. The molecule has 0 saturated carbocycles. The van der Waals surface area contributed by atoms with Gasteiger partial charge in [-0.25, -0.2) is 0 Å². The van der Waals surface area contributed by atoms with E-state index in [2.05, 4.69) is 20.4 Å². The van der Waals surface area contributed by atoms with Crippen molar-refractivity contribution in [3.8, 4) is 34.5 Å². The zero-order valence-electron chi connectivity index (χ0n) is 16.3. The van der Waals surface area contributed by atoms with Gasteiger partial charge in [0.2, 0.25) is 5.82 Å². The van der Waals surface area contributed by atoms with Crippen molar-refractivity contribution in [2.24, 2.45) is 0 Å². The minimum atomic E-state index is -0.312. The van der Waals surface area contributed by atoms with Crippen molar-refractivity contribution >= 4 is 11.6 Å². The lowest BCUT2D eigenvalue weighted by Crippen LogP contribution is -2.13. The number of nitrogens with one attached hydrogen (secondary N) is 1. The smallest absolute Gasteiger partial charge is 0.260 e. The molecule has 30 heavy (non-hydrogen) atoms. The van der Waals surface area contributed by atoms with Gasteiger partial charge in [-0.05, 0) is 42.5 Å². The molecule has 0 spiro atoms. The van der Waals surface area contributed by atoms with Crippen LogP contribution in [0, 0.1) is 0 Å². The molecule has 0 aliphatic heterocycles. The number of anilines is 1. The van der Waals surface area contributed by atoms with Crippen molar-refractivity contribution in [2.75, 3.05) is 19.5 Å². The second kappa shape index (κ2) is 8.44. The summed E-state index contributed by atoms with van der Waals surface area (Å²) in [7, 11) is 3.06. The first-order chi connectivity index (χ1) is 14.7. The van der Waals surface area contributed by atoms with Crippen molar-refractivity contribution in [3.63, 3.8) is 0 Å². The summed E-state index contributed by atoms with van der Waals surface area (Å²) >= 11 is 0. The number of amides is 1. The van der Waals surface area contributed by atoms with E-state index >= 15 is 0 Å². The summed E-state index contributed by atoms with van der Waals surface area (Å²) < 4.78 is 15.9. The number of ether oxygens (including phenoxy) is 2. The second-order valence-corrected chi connectivity index (χ2v) is 6.21. The van der Waals surface area contributed by atoms with Crippen molar-refractivity contribution < 1.29 is 18.8 Å². The number of carbonyl (C=O) groups is 1. The minimum absolute atomic E-state index is 0.277. The van der Waals surface area contributed by atoms with Gasteiger partial charge in [0.1, 0.15) is 5.69 Å². The average molecular weight is 402 g/mol. The maximum Gasteiger partial charge on any atom is 0.260 e. The zero-order chi connectivity index (χ0) is 20.9. The summed E-state index contributed by atoms with van der Waals surface area (Å²) in [5.74, 6) is 1.34. The summed E-state index contributed by atoms with van der Waals surface area (Å²) in [5.41, 5.74) is 2.15. The Bertz CT molecular complexity index is 1170. The largest absolute Gasteiger partial charge is 0.493 e. The number of aromatic nitrogens is 3. The van der Waals surface area contributed by atoms with E-state index in [1.807, 2.05) is 24.3 Å². The van der Waals surface area contributed by atoms with Gasteiger partial charge < -0.3 is 19.3 Å². The van der Waals surface area contributed by atoms with Crippen LogP contribution in [0.5, 0.6) is 11.5 Å². The molecule has 4 aromatic rings. The molecule has 8 nitrogen and oxygen atoms in total. The van der Waals surface area contributed by atoms with Crippen LogP contribution < -0.4 is 14.8 Å². The van der Waals surface area contributed by atoms with Crippen molar-refractivity contribution in [1.82, 2.24) is 15.1 Å². The lowest BCUT2D eigenvalue weighted by atomic mass is 10.1. The van der Waals surface area contributed by atoms with Crippen LogP contribution in [-0.4, -0.2) is 35.3 Å². The number of rotatable bonds is 6. The fraction of sp³-hybridized carbons (Fsp3) is 0.0909. The lowest BCUT2D eigenvalue weighted by molar-refractivity contribution is 0.102. The van der Waals surface area contributed by atoms with Gasteiger partial charge in [-0.15, -0.1) is 0 Å². The van der Waals surface area contributed by atoms with Crippen molar-refractivity contribution in [1.29, 1.82) is 0 Å². The SMILES string of the molecule is COc1ccc(C(=O)Nc2ccccc2-c2nc(-c3ccccn3)no2)cc1OC. The Kier molecular flexibility index (Phi) is 5.38. The Morgan fingerprint density at radius 3 is 2.53 bits per heavy atom. The highest BCUT2D eigenvalue weighted by molar-refractivity contribution is 6.06. The molecule has 1 amide bonds. The Hall–Kier alpha value is -4.20. The van der Waals surface area contributed by atoms with Crippen LogP contribution in [0.25, 0.3) is 23.0 Å². The van der Waals surface area contributed by atoms with Crippen LogP contribution in [0.15, 0.2) is 71.4 Å². The van der Waals surface area contributed by atoms with Crippen molar-refractivity contribution in [3.05, 3.63) is 72.4 Å². The molecule has 8 heteroatoms. The van der Waals surface area contributed by atoms with Gasteiger partial charge in [0, 0.05) is 11.8 Å². The first kappa shape index (κ1) is 19.1. The molecule has 2 aromatic heterocycles. The first-order valence-corrected chi connectivity index (χ1v) is 9.07. The van der Waals surface area contributed by atoms with Gasteiger partial charge in [-0.1, -0.05) is 23.4 Å². The number of pyridine rings is 1. The van der Waals surface area contributed by atoms with E-state index < -0.39 is 0 Å². The minimum Gasteiger partial charge on any atom is -0.493 e. The van der Waals surface area contributed by atoms with Crippen LogP contribution in [-0.2, 0) is 0 Å². The van der Waals surface area contributed by atoms with Gasteiger partial charge in [0.15, 0.2) is 11.5 Å². The molecule has 0 saturated heterocycles. The Morgan fingerprint density at radius 2 is 1.77 bits per heavy atom. The normalized spacial score (nSPS) is 10.5. The fourth-order valence-corrected chi connectivity index (χ4v) is 2.88. The molecular formula is C22H18N4O4. The molecule has 4 rings (SSSR count). The molecule has 0 unspecified atom stereocenters.